The number of fused-ring (bicyclic) bond motifs is 1. The van der Waals surface area contributed by atoms with Crippen molar-refractivity contribution in [3.05, 3.63) is 77.0 Å². The quantitative estimate of drug-likeness (QED) is 0.766. The van der Waals surface area contributed by atoms with Crippen molar-refractivity contribution in [2.75, 3.05) is 19.1 Å². The van der Waals surface area contributed by atoms with Crippen LogP contribution in [0.4, 0.5) is 10.5 Å². The minimum Gasteiger partial charge on any atom is -0.466 e. The molecular formula is C23H26N4O3. The highest BCUT2D eigenvalue weighted by molar-refractivity contribution is 5.91. The highest BCUT2D eigenvalue weighted by Crippen LogP contribution is 2.60. The number of anilines is 1. The summed E-state index contributed by atoms with van der Waals surface area (Å²) in [6.07, 6.45) is 0.350. The van der Waals surface area contributed by atoms with Gasteiger partial charge in [-0.15, -0.1) is 0 Å². The number of hydrogen-bond donors (Lipinski definition) is 2. The van der Waals surface area contributed by atoms with Gasteiger partial charge in [0.05, 0.1) is 18.1 Å². The SMILES string of the molecule is COC(=O)C1=C(C)N(NC(N)=O)C2(C1)N(C)c1ccccc1C2(C)c1ccccc1. The Kier molecular flexibility index (Phi) is 4.49. The molecule has 2 atom stereocenters. The molecule has 0 aliphatic carbocycles. The largest absolute Gasteiger partial charge is 0.466 e. The van der Waals surface area contributed by atoms with E-state index in [1.165, 1.54) is 7.11 Å². The normalized spacial score (nSPS) is 24.9. The zero-order valence-corrected chi connectivity index (χ0v) is 17.6. The summed E-state index contributed by atoms with van der Waals surface area (Å²) in [5.41, 5.74) is 11.2. The number of nitrogens with zero attached hydrogens (tertiary/aromatic N) is 2. The molecule has 0 aromatic heterocycles. The molecule has 30 heavy (non-hydrogen) atoms. The van der Waals surface area contributed by atoms with Crippen LogP contribution in [0.5, 0.6) is 0 Å². The third kappa shape index (κ3) is 2.38. The number of ether oxygens (including phenoxy) is 1. The van der Waals surface area contributed by atoms with Crippen LogP contribution in [0.2, 0.25) is 0 Å². The number of carbonyl (C=O) groups excluding carboxylic acids is 2. The molecule has 4 rings (SSSR count). The minimum absolute atomic E-state index is 0.350. The number of methoxy groups -OCH3 is 1. The van der Waals surface area contributed by atoms with Crippen LogP contribution >= 0.6 is 0 Å². The molecule has 0 saturated carbocycles. The monoisotopic (exact) mass is 406 g/mol. The van der Waals surface area contributed by atoms with Gasteiger partial charge >= 0.3 is 12.0 Å². The summed E-state index contributed by atoms with van der Waals surface area (Å²) in [4.78, 5) is 26.8. The number of primary amides is 1. The van der Waals surface area contributed by atoms with E-state index in [2.05, 4.69) is 41.5 Å². The lowest BCUT2D eigenvalue weighted by molar-refractivity contribution is -0.136. The highest BCUT2D eigenvalue weighted by Gasteiger charge is 2.66. The van der Waals surface area contributed by atoms with E-state index in [1.807, 2.05) is 37.4 Å². The standard InChI is InChI=1S/C23H26N4O3/c1-15-17(20(28)30-4)14-23(27(15)25-21(24)29)22(2,16-10-6-5-7-11-16)18-12-8-9-13-19(18)26(23)3/h5-13H,14H2,1-4H3,(H3,24,25,29). The second-order valence-electron chi connectivity index (χ2n) is 7.93. The van der Waals surface area contributed by atoms with E-state index >= 15 is 0 Å². The summed E-state index contributed by atoms with van der Waals surface area (Å²) in [7, 11) is 3.35. The number of urea groups is 1. The summed E-state index contributed by atoms with van der Waals surface area (Å²) in [6.45, 7) is 3.95. The predicted octanol–water partition coefficient (Wildman–Crippen LogP) is 2.87. The van der Waals surface area contributed by atoms with E-state index < -0.39 is 23.1 Å². The lowest BCUT2D eigenvalue weighted by Crippen LogP contribution is -2.68. The first kappa shape index (κ1) is 19.8. The van der Waals surface area contributed by atoms with Gasteiger partial charge in [-0.25, -0.2) is 15.0 Å². The Labute approximate surface area is 176 Å². The Balaban J connectivity index is 2.03. The number of hydrogen-bond acceptors (Lipinski definition) is 5. The van der Waals surface area contributed by atoms with Crippen molar-refractivity contribution in [2.45, 2.75) is 31.3 Å². The molecule has 2 aromatic rings. The Morgan fingerprint density at radius 3 is 2.37 bits per heavy atom. The van der Waals surface area contributed by atoms with Gasteiger partial charge < -0.3 is 15.4 Å². The van der Waals surface area contributed by atoms with E-state index in [4.69, 9.17) is 10.5 Å². The van der Waals surface area contributed by atoms with Crippen molar-refractivity contribution in [2.24, 2.45) is 5.73 Å². The Morgan fingerprint density at radius 1 is 1.10 bits per heavy atom. The average Bonchev–Trinajstić information content (AvgIpc) is 3.15. The fourth-order valence-corrected chi connectivity index (χ4v) is 5.26. The summed E-state index contributed by atoms with van der Waals surface area (Å²) in [5, 5.41) is 1.74. The van der Waals surface area contributed by atoms with E-state index in [9.17, 15) is 9.59 Å². The molecule has 0 radical (unpaired) electrons. The van der Waals surface area contributed by atoms with E-state index in [1.54, 1.807) is 11.9 Å². The maximum atomic E-state index is 12.7. The number of carbonyl (C=O) groups is 2. The molecule has 2 amide bonds. The summed E-state index contributed by atoms with van der Waals surface area (Å²) in [6, 6.07) is 17.6. The molecule has 0 saturated heterocycles. The molecule has 2 unspecified atom stereocenters. The fourth-order valence-electron chi connectivity index (χ4n) is 5.26. The second-order valence-corrected chi connectivity index (χ2v) is 7.93. The number of allylic oxidation sites excluding steroid dienone is 1. The molecule has 2 aromatic carbocycles. The summed E-state index contributed by atoms with van der Waals surface area (Å²) in [5.74, 6) is -0.416. The van der Waals surface area contributed by atoms with Gasteiger partial charge in [0, 0.05) is 24.9 Å². The van der Waals surface area contributed by atoms with E-state index in [0.29, 0.717) is 17.7 Å². The number of likely N-dealkylation sites (N-methyl/N-ethyl adjacent to an activating group) is 1. The van der Waals surface area contributed by atoms with Crippen molar-refractivity contribution in [1.29, 1.82) is 0 Å². The third-order valence-corrected chi connectivity index (χ3v) is 6.73. The van der Waals surface area contributed by atoms with Gasteiger partial charge in [0.15, 0.2) is 0 Å². The van der Waals surface area contributed by atoms with Crippen LogP contribution in [0, 0.1) is 0 Å². The molecular weight excluding hydrogens is 380 g/mol. The van der Waals surface area contributed by atoms with Crippen LogP contribution in [0.15, 0.2) is 65.9 Å². The van der Waals surface area contributed by atoms with Gasteiger partial charge in [-0.2, -0.15) is 0 Å². The number of hydrazine groups is 1. The van der Waals surface area contributed by atoms with Crippen molar-refractivity contribution in [1.82, 2.24) is 10.4 Å². The minimum atomic E-state index is -0.833. The Hall–Kier alpha value is -3.48. The zero-order chi connectivity index (χ0) is 21.7. The van der Waals surface area contributed by atoms with Gasteiger partial charge in [-0.05, 0) is 31.0 Å². The Bertz CT molecular complexity index is 1050. The first-order valence-electron chi connectivity index (χ1n) is 9.82. The van der Waals surface area contributed by atoms with Crippen LogP contribution in [0.3, 0.4) is 0 Å². The van der Waals surface area contributed by atoms with Crippen molar-refractivity contribution < 1.29 is 14.3 Å². The molecule has 2 aliphatic rings. The van der Waals surface area contributed by atoms with E-state index in [0.717, 1.165) is 16.8 Å². The second kappa shape index (κ2) is 6.79. The van der Waals surface area contributed by atoms with Gasteiger partial charge in [0.1, 0.15) is 5.66 Å². The number of esters is 1. The Morgan fingerprint density at radius 2 is 1.73 bits per heavy atom. The molecule has 0 fully saturated rings. The maximum absolute atomic E-state index is 12.7. The lowest BCUT2D eigenvalue weighted by Gasteiger charge is -2.52. The van der Waals surface area contributed by atoms with Crippen molar-refractivity contribution in [3.8, 4) is 0 Å². The van der Waals surface area contributed by atoms with Gasteiger partial charge in [-0.3, -0.25) is 5.01 Å². The molecule has 7 heteroatoms. The van der Waals surface area contributed by atoms with Crippen LogP contribution in [-0.2, 0) is 14.9 Å². The fraction of sp³-hybridized carbons (Fsp3) is 0.304. The number of nitrogens with two attached hydrogens (primary N) is 1. The van der Waals surface area contributed by atoms with Crippen molar-refractivity contribution >= 4 is 17.7 Å². The number of amides is 2. The lowest BCUT2D eigenvalue weighted by atomic mass is 9.67. The van der Waals surface area contributed by atoms with Gasteiger partial charge in [0.25, 0.3) is 0 Å². The van der Waals surface area contributed by atoms with Crippen molar-refractivity contribution in [3.63, 3.8) is 0 Å². The molecule has 156 valence electrons. The van der Waals surface area contributed by atoms with Crippen LogP contribution < -0.4 is 16.1 Å². The predicted molar refractivity (Wildman–Crippen MR) is 114 cm³/mol. The zero-order valence-electron chi connectivity index (χ0n) is 17.6. The molecule has 2 aliphatic heterocycles. The number of benzene rings is 2. The average molecular weight is 406 g/mol. The van der Waals surface area contributed by atoms with Crippen LogP contribution in [0.1, 0.15) is 31.4 Å². The van der Waals surface area contributed by atoms with Gasteiger partial charge in [-0.1, -0.05) is 48.5 Å². The first-order chi connectivity index (χ1) is 14.3. The number of rotatable bonds is 3. The smallest absolute Gasteiger partial charge is 0.335 e. The molecule has 1 spiro atoms. The highest BCUT2D eigenvalue weighted by atomic mass is 16.5. The van der Waals surface area contributed by atoms with Gasteiger partial charge in [0.2, 0.25) is 0 Å². The maximum Gasteiger partial charge on any atom is 0.335 e. The number of nitrogens with one attached hydrogen (secondary N) is 1. The molecule has 7 nitrogen and oxygen atoms in total. The molecule has 0 bridgehead atoms. The first-order valence-corrected chi connectivity index (χ1v) is 9.82. The third-order valence-electron chi connectivity index (χ3n) is 6.73. The summed E-state index contributed by atoms with van der Waals surface area (Å²) < 4.78 is 5.06. The number of para-hydroxylation sites is 1. The summed E-state index contributed by atoms with van der Waals surface area (Å²) >= 11 is 0. The van der Waals surface area contributed by atoms with E-state index in [-0.39, 0.29) is 0 Å². The topological polar surface area (TPSA) is 87.9 Å². The molecule has 2 heterocycles. The van der Waals surface area contributed by atoms with Crippen LogP contribution in [0.25, 0.3) is 0 Å². The molecule has 3 N–H and O–H groups in total. The van der Waals surface area contributed by atoms with Crippen LogP contribution in [-0.4, -0.2) is 36.8 Å².